The zero-order chi connectivity index (χ0) is 15.5. The molecule has 2 aromatic heterocycles. The second-order valence-corrected chi connectivity index (χ2v) is 6.36. The molecule has 1 aliphatic carbocycles. The van der Waals surface area contributed by atoms with E-state index < -0.39 is 5.97 Å². The Morgan fingerprint density at radius 3 is 2.91 bits per heavy atom. The summed E-state index contributed by atoms with van der Waals surface area (Å²) in [5, 5.41) is 14.6. The Balaban J connectivity index is 1.80. The van der Waals surface area contributed by atoms with Gasteiger partial charge in [0.2, 0.25) is 5.88 Å². The van der Waals surface area contributed by atoms with Crippen LogP contribution in [0.4, 0.5) is 0 Å². The van der Waals surface area contributed by atoms with Gasteiger partial charge >= 0.3 is 5.97 Å². The van der Waals surface area contributed by atoms with E-state index in [1.807, 2.05) is 24.7 Å². The lowest BCUT2D eigenvalue weighted by atomic mass is 9.78. The predicted octanol–water partition coefficient (Wildman–Crippen LogP) is 1.80. The van der Waals surface area contributed by atoms with Crippen LogP contribution in [0.25, 0.3) is 11.0 Å². The number of pyridine rings is 1. The highest BCUT2D eigenvalue weighted by Crippen LogP contribution is 2.48. The molecular formula is C15H17N3O4. The van der Waals surface area contributed by atoms with E-state index in [-0.39, 0.29) is 23.1 Å². The molecule has 0 unspecified atom stereocenters. The van der Waals surface area contributed by atoms with Gasteiger partial charge in [0.05, 0.1) is 24.4 Å². The number of carboxylic acids is 1. The van der Waals surface area contributed by atoms with Crippen LogP contribution in [-0.4, -0.2) is 44.7 Å². The minimum Gasteiger partial charge on any atom is -0.477 e. The van der Waals surface area contributed by atoms with Gasteiger partial charge < -0.3 is 14.6 Å². The third-order valence-electron chi connectivity index (χ3n) is 4.33. The fraction of sp³-hybridized carbons (Fsp3) is 0.533. The number of carbonyl (C=O) groups is 1. The molecule has 2 aromatic rings. The summed E-state index contributed by atoms with van der Waals surface area (Å²) in [4.78, 5) is 15.7. The molecule has 0 amide bonds. The highest BCUT2D eigenvalue weighted by Gasteiger charge is 2.54. The van der Waals surface area contributed by atoms with Crippen LogP contribution in [0.1, 0.15) is 37.0 Å². The van der Waals surface area contributed by atoms with Crippen LogP contribution >= 0.6 is 0 Å². The van der Waals surface area contributed by atoms with Gasteiger partial charge in [0, 0.05) is 24.4 Å². The molecule has 4 heterocycles. The number of rotatable bonds is 4. The summed E-state index contributed by atoms with van der Waals surface area (Å²) < 4.78 is 13.0. The number of hydrogen-bond acceptors (Lipinski definition) is 5. The molecular weight excluding hydrogens is 286 g/mol. The van der Waals surface area contributed by atoms with Gasteiger partial charge in [-0.3, -0.25) is 4.68 Å². The van der Waals surface area contributed by atoms with Crippen molar-refractivity contribution in [1.29, 1.82) is 0 Å². The standard InChI is InChI=1S/C15H17N3O4/c1-8(2)22-13-11(14(19)20)3-9-6-18(17-12(9)16-13)15-4-10(5-15)21-7-15/h3,6,8,10H,4-5,7H2,1-2H3,(H,19,20). The van der Waals surface area contributed by atoms with Crippen molar-refractivity contribution in [2.24, 2.45) is 0 Å². The topological polar surface area (TPSA) is 86.5 Å². The Morgan fingerprint density at radius 2 is 2.32 bits per heavy atom. The van der Waals surface area contributed by atoms with Crippen LogP contribution in [-0.2, 0) is 10.3 Å². The maximum absolute atomic E-state index is 11.4. The maximum atomic E-state index is 11.4. The molecule has 2 bridgehead atoms. The zero-order valence-corrected chi connectivity index (χ0v) is 12.4. The first-order valence-electron chi connectivity index (χ1n) is 7.39. The molecule has 2 saturated heterocycles. The first-order valence-corrected chi connectivity index (χ1v) is 7.39. The molecule has 0 spiro atoms. The molecule has 7 heteroatoms. The van der Waals surface area contributed by atoms with Crippen molar-refractivity contribution in [3.63, 3.8) is 0 Å². The van der Waals surface area contributed by atoms with Crippen molar-refractivity contribution < 1.29 is 19.4 Å². The molecule has 7 nitrogen and oxygen atoms in total. The summed E-state index contributed by atoms with van der Waals surface area (Å²) in [5.74, 6) is -0.934. The highest BCUT2D eigenvalue weighted by atomic mass is 16.5. The minimum atomic E-state index is -1.05. The molecule has 1 N–H and O–H groups in total. The molecule has 0 radical (unpaired) electrons. The molecule has 5 rings (SSSR count). The molecule has 3 fully saturated rings. The third kappa shape index (κ3) is 1.89. The zero-order valence-electron chi connectivity index (χ0n) is 12.4. The number of aromatic carboxylic acids is 1. The number of nitrogens with zero attached hydrogens (tertiary/aromatic N) is 3. The second-order valence-electron chi connectivity index (χ2n) is 6.36. The van der Waals surface area contributed by atoms with Gasteiger partial charge in [-0.05, 0) is 19.9 Å². The van der Waals surface area contributed by atoms with Crippen molar-refractivity contribution >= 4 is 17.0 Å². The smallest absolute Gasteiger partial charge is 0.341 e. The van der Waals surface area contributed by atoms with Gasteiger partial charge in [0.1, 0.15) is 5.56 Å². The summed E-state index contributed by atoms with van der Waals surface area (Å²) in [7, 11) is 0. The van der Waals surface area contributed by atoms with E-state index in [1.54, 1.807) is 6.07 Å². The van der Waals surface area contributed by atoms with Gasteiger partial charge in [0.15, 0.2) is 5.65 Å². The summed E-state index contributed by atoms with van der Waals surface area (Å²) in [6.07, 6.45) is 3.97. The fourth-order valence-corrected chi connectivity index (χ4v) is 3.20. The largest absolute Gasteiger partial charge is 0.477 e. The van der Waals surface area contributed by atoms with Gasteiger partial charge in [-0.2, -0.15) is 10.1 Å². The normalized spacial score (nSPS) is 26.4. The monoisotopic (exact) mass is 303 g/mol. The Hall–Kier alpha value is -2.15. The van der Waals surface area contributed by atoms with Crippen LogP contribution in [0.3, 0.4) is 0 Å². The minimum absolute atomic E-state index is 0.0624. The number of aromatic nitrogens is 3. The molecule has 22 heavy (non-hydrogen) atoms. The lowest BCUT2D eigenvalue weighted by Gasteiger charge is -2.35. The molecule has 2 aliphatic heterocycles. The third-order valence-corrected chi connectivity index (χ3v) is 4.33. The molecule has 116 valence electrons. The SMILES string of the molecule is CC(C)Oc1nc2nn(C34COC(C3)C4)cc2cc1C(=O)O. The Kier molecular flexibility index (Phi) is 2.72. The summed E-state index contributed by atoms with van der Waals surface area (Å²) >= 11 is 0. The lowest BCUT2D eigenvalue weighted by molar-refractivity contribution is 0.0689. The van der Waals surface area contributed by atoms with Crippen molar-refractivity contribution in [2.45, 2.75) is 44.4 Å². The van der Waals surface area contributed by atoms with E-state index in [4.69, 9.17) is 9.47 Å². The predicted molar refractivity (Wildman–Crippen MR) is 77.2 cm³/mol. The number of ether oxygens (including phenoxy) is 2. The average Bonchev–Trinajstić information content (AvgIpc) is 3.08. The van der Waals surface area contributed by atoms with E-state index in [1.165, 1.54) is 0 Å². The van der Waals surface area contributed by atoms with Gasteiger partial charge in [-0.1, -0.05) is 0 Å². The number of carboxylic acid groups (broad SMARTS) is 1. The van der Waals surface area contributed by atoms with Crippen molar-refractivity contribution in [2.75, 3.05) is 6.61 Å². The first-order chi connectivity index (χ1) is 10.5. The fourth-order valence-electron chi connectivity index (χ4n) is 3.20. The van der Waals surface area contributed by atoms with Crippen molar-refractivity contribution in [3.05, 3.63) is 17.8 Å². The van der Waals surface area contributed by atoms with Gasteiger partial charge in [-0.15, -0.1) is 0 Å². The molecule has 1 saturated carbocycles. The molecule has 3 aliphatic rings. The van der Waals surface area contributed by atoms with Crippen LogP contribution < -0.4 is 4.74 Å². The summed E-state index contributed by atoms with van der Waals surface area (Å²) in [6, 6.07) is 1.58. The van der Waals surface area contributed by atoms with Crippen LogP contribution in [0.15, 0.2) is 12.3 Å². The lowest BCUT2D eigenvalue weighted by Crippen LogP contribution is -2.43. The van der Waals surface area contributed by atoms with Crippen LogP contribution in [0, 0.1) is 0 Å². The van der Waals surface area contributed by atoms with Gasteiger partial charge in [-0.25, -0.2) is 4.79 Å². The average molecular weight is 303 g/mol. The maximum Gasteiger partial charge on any atom is 0.341 e. The highest BCUT2D eigenvalue weighted by molar-refractivity contribution is 5.94. The van der Waals surface area contributed by atoms with E-state index in [9.17, 15) is 9.90 Å². The van der Waals surface area contributed by atoms with Crippen LogP contribution in [0.2, 0.25) is 0 Å². The van der Waals surface area contributed by atoms with E-state index in [0.717, 1.165) is 12.8 Å². The second kappa shape index (κ2) is 4.42. The first kappa shape index (κ1) is 13.5. The summed E-state index contributed by atoms with van der Waals surface area (Å²) in [5.41, 5.74) is 0.492. The van der Waals surface area contributed by atoms with E-state index in [0.29, 0.717) is 23.7 Å². The van der Waals surface area contributed by atoms with Gasteiger partial charge in [0.25, 0.3) is 0 Å². The van der Waals surface area contributed by atoms with E-state index >= 15 is 0 Å². The molecule has 0 atom stereocenters. The van der Waals surface area contributed by atoms with Crippen molar-refractivity contribution in [1.82, 2.24) is 14.8 Å². The Labute approximate surface area is 126 Å². The summed E-state index contributed by atoms with van der Waals surface area (Å²) in [6.45, 7) is 4.33. The van der Waals surface area contributed by atoms with E-state index in [2.05, 4.69) is 10.1 Å². The van der Waals surface area contributed by atoms with Crippen LogP contribution in [0.5, 0.6) is 5.88 Å². The Bertz CT molecular complexity index is 756. The Morgan fingerprint density at radius 1 is 1.55 bits per heavy atom. The quantitative estimate of drug-likeness (QED) is 0.927. The van der Waals surface area contributed by atoms with Crippen molar-refractivity contribution in [3.8, 4) is 5.88 Å². The number of fused-ring (bicyclic) bond motifs is 2. The number of hydrogen-bond donors (Lipinski definition) is 1. The molecule has 0 aromatic carbocycles.